The number of halogens is 1. The van der Waals surface area contributed by atoms with Gasteiger partial charge in [-0.1, -0.05) is 0 Å². The zero-order valence-electron chi connectivity index (χ0n) is 14.1. The first-order chi connectivity index (χ1) is 13.1. The standard InChI is InChI=1S/C18H13FN6OS/c1-11-16(27-18(21-11)12-2-4-13(19)5-3-12)17(26)22-14-6-8-15(9-7-14)25-10-20-23-24-25/h2-10H,1H3,(H,22,26). The first-order valence-corrected chi connectivity index (χ1v) is 8.80. The number of aromatic nitrogens is 5. The van der Waals surface area contributed by atoms with Crippen molar-refractivity contribution < 1.29 is 9.18 Å². The number of hydrogen-bond donors (Lipinski definition) is 1. The maximum Gasteiger partial charge on any atom is 0.267 e. The van der Waals surface area contributed by atoms with Gasteiger partial charge in [0.05, 0.1) is 11.4 Å². The first kappa shape index (κ1) is 17.0. The fourth-order valence-electron chi connectivity index (χ4n) is 2.49. The van der Waals surface area contributed by atoms with Gasteiger partial charge in [0.1, 0.15) is 22.0 Å². The zero-order valence-corrected chi connectivity index (χ0v) is 14.9. The van der Waals surface area contributed by atoms with Crippen molar-refractivity contribution in [3.63, 3.8) is 0 Å². The predicted molar refractivity (Wildman–Crippen MR) is 99.4 cm³/mol. The second kappa shape index (κ2) is 7.04. The molecule has 4 rings (SSSR count). The summed E-state index contributed by atoms with van der Waals surface area (Å²) in [5.41, 5.74) is 2.83. The van der Waals surface area contributed by atoms with Crippen molar-refractivity contribution in [3.05, 3.63) is 71.2 Å². The minimum absolute atomic E-state index is 0.242. The van der Waals surface area contributed by atoms with E-state index in [4.69, 9.17) is 0 Å². The van der Waals surface area contributed by atoms with Gasteiger partial charge in [0.2, 0.25) is 0 Å². The Labute approximate surface area is 157 Å². The molecule has 7 nitrogen and oxygen atoms in total. The van der Waals surface area contributed by atoms with Crippen molar-refractivity contribution in [3.8, 4) is 16.3 Å². The number of rotatable bonds is 4. The highest BCUT2D eigenvalue weighted by molar-refractivity contribution is 7.17. The van der Waals surface area contributed by atoms with Crippen LogP contribution in [0, 0.1) is 12.7 Å². The highest BCUT2D eigenvalue weighted by Crippen LogP contribution is 2.28. The summed E-state index contributed by atoms with van der Waals surface area (Å²) < 4.78 is 14.6. The third-order valence-electron chi connectivity index (χ3n) is 3.83. The Bertz CT molecular complexity index is 1070. The van der Waals surface area contributed by atoms with Gasteiger partial charge in [0.25, 0.3) is 5.91 Å². The van der Waals surface area contributed by atoms with Crippen molar-refractivity contribution in [2.24, 2.45) is 0 Å². The van der Waals surface area contributed by atoms with Crippen LogP contribution in [0.25, 0.3) is 16.3 Å². The lowest BCUT2D eigenvalue weighted by Gasteiger charge is -2.05. The van der Waals surface area contributed by atoms with E-state index in [1.54, 1.807) is 43.3 Å². The van der Waals surface area contributed by atoms with Crippen LogP contribution in [0.5, 0.6) is 0 Å². The van der Waals surface area contributed by atoms with Crippen LogP contribution in [0.15, 0.2) is 54.9 Å². The minimum Gasteiger partial charge on any atom is -0.321 e. The molecule has 4 aromatic rings. The van der Waals surface area contributed by atoms with Gasteiger partial charge in [0.15, 0.2) is 0 Å². The molecule has 0 bridgehead atoms. The molecule has 1 amide bonds. The number of benzene rings is 2. The first-order valence-electron chi connectivity index (χ1n) is 7.98. The summed E-state index contributed by atoms with van der Waals surface area (Å²) in [6.07, 6.45) is 1.49. The molecule has 0 radical (unpaired) electrons. The summed E-state index contributed by atoms with van der Waals surface area (Å²) in [6.45, 7) is 1.78. The van der Waals surface area contributed by atoms with Crippen LogP contribution < -0.4 is 5.32 Å². The summed E-state index contributed by atoms with van der Waals surface area (Å²) in [5, 5.41) is 14.5. The summed E-state index contributed by atoms with van der Waals surface area (Å²) >= 11 is 1.27. The van der Waals surface area contributed by atoms with E-state index in [9.17, 15) is 9.18 Å². The van der Waals surface area contributed by atoms with Crippen molar-refractivity contribution >= 4 is 22.9 Å². The third-order valence-corrected chi connectivity index (χ3v) is 5.04. The molecule has 0 unspecified atom stereocenters. The molecular weight excluding hydrogens is 367 g/mol. The SMILES string of the molecule is Cc1nc(-c2ccc(F)cc2)sc1C(=O)Nc1ccc(-n2cnnn2)cc1. The highest BCUT2D eigenvalue weighted by Gasteiger charge is 2.16. The van der Waals surface area contributed by atoms with E-state index in [2.05, 4.69) is 25.8 Å². The van der Waals surface area contributed by atoms with Gasteiger partial charge < -0.3 is 5.32 Å². The maximum atomic E-state index is 13.1. The number of amides is 1. The Kier molecular flexibility index (Phi) is 4.43. The van der Waals surface area contributed by atoms with E-state index in [1.165, 1.54) is 34.5 Å². The number of carbonyl (C=O) groups is 1. The molecule has 0 spiro atoms. The molecule has 9 heteroatoms. The normalized spacial score (nSPS) is 10.7. The number of nitrogens with zero attached hydrogens (tertiary/aromatic N) is 5. The fraction of sp³-hybridized carbons (Fsp3) is 0.0556. The Morgan fingerprint density at radius 1 is 1.11 bits per heavy atom. The lowest BCUT2D eigenvalue weighted by Crippen LogP contribution is -2.11. The largest absolute Gasteiger partial charge is 0.321 e. The van der Waals surface area contributed by atoms with E-state index in [0.717, 1.165) is 11.3 Å². The molecular formula is C18H13FN6OS. The van der Waals surface area contributed by atoms with Crippen molar-refractivity contribution in [1.82, 2.24) is 25.2 Å². The van der Waals surface area contributed by atoms with Gasteiger partial charge in [-0.15, -0.1) is 16.4 Å². The molecule has 2 aromatic carbocycles. The molecule has 0 fully saturated rings. The van der Waals surface area contributed by atoms with Crippen LogP contribution in [0.2, 0.25) is 0 Å². The molecule has 0 aliphatic heterocycles. The van der Waals surface area contributed by atoms with Gasteiger partial charge >= 0.3 is 0 Å². The highest BCUT2D eigenvalue weighted by atomic mass is 32.1. The average Bonchev–Trinajstić information content (AvgIpc) is 3.33. The molecule has 0 saturated heterocycles. The average molecular weight is 380 g/mol. The van der Waals surface area contributed by atoms with E-state index < -0.39 is 0 Å². The summed E-state index contributed by atoms with van der Waals surface area (Å²) in [5.74, 6) is -0.552. The molecule has 2 heterocycles. The Morgan fingerprint density at radius 2 is 1.85 bits per heavy atom. The number of thiazole rings is 1. The summed E-state index contributed by atoms with van der Waals surface area (Å²) in [7, 11) is 0. The predicted octanol–water partition coefficient (Wildman–Crippen LogP) is 3.49. The van der Waals surface area contributed by atoms with Gasteiger partial charge in [-0.05, 0) is 65.9 Å². The monoisotopic (exact) mass is 380 g/mol. The third kappa shape index (κ3) is 3.58. The smallest absolute Gasteiger partial charge is 0.267 e. The molecule has 1 N–H and O–H groups in total. The van der Waals surface area contributed by atoms with E-state index in [-0.39, 0.29) is 11.7 Å². The molecule has 0 aliphatic carbocycles. The fourth-order valence-corrected chi connectivity index (χ4v) is 3.45. The van der Waals surface area contributed by atoms with Crippen LogP contribution in [0.1, 0.15) is 15.4 Å². The second-order valence-electron chi connectivity index (χ2n) is 5.70. The number of aryl methyl sites for hydroxylation is 1. The van der Waals surface area contributed by atoms with E-state index in [0.29, 0.717) is 21.3 Å². The Hall–Kier alpha value is -3.46. The summed E-state index contributed by atoms with van der Waals surface area (Å²) in [4.78, 5) is 17.6. The van der Waals surface area contributed by atoms with Gasteiger partial charge in [-0.3, -0.25) is 4.79 Å². The summed E-state index contributed by atoms with van der Waals surface area (Å²) in [6, 6.07) is 13.2. The number of tetrazole rings is 1. The number of anilines is 1. The lowest BCUT2D eigenvalue weighted by atomic mass is 10.2. The van der Waals surface area contributed by atoms with Crippen molar-refractivity contribution in [2.75, 3.05) is 5.32 Å². The number of hydrogen-bond acceptors (Lipinski definition) is 6. The lowest BCUT2D eigenvalue weighted by molar-refractivity contribution is 0.103. The van der Waals surface area contributed by atoms with E-state index in [1.807, 2.05) is 0 Å². The Morgan fingerprint density at radius 3 is 2.52 bits per heavy atom. The van der Waals surface area contributed by atoms with Gasteiger partial charge in [-0.25, -0.2) is 14.1 Å². The second-order valence-corrected chi connectivity index (χ2v) is 6.69. The quantitative estimate of drug-likeness (QED) is 0.586. The van der Waals surface area contributed by atoms with Crippen LogP contribution in [-0.2, 0) is 0 Å². The maximum absolute atomic E-state index is 13.1. The van der Waals surface area contributed by atoms with Crippen LogP contribution >= 0.6 is 11.3 Å². The molecule has 134 valence electrons. The minimum atomic E-state index is -0.310. The Balaban J connectivity index is 1.52. The van der Waals surface area contributed by atoms with Crippen LogP contribution in [-0.4, -0.2) is 31.1 Å². The van der Waals surface area contributed by atoms with Crippen molar-refractivity contribution in [1.29, 1.82) is 0 Å². The molecule has 0 saturated carbocycles. The van der Waals surface area contributed by atoms with Crippen LogP contribution in [0.4, 0.5) is 10.1 Å². The van der Waals surface area contributed by atoms with Crippen molar-refractivity contribution in [2.45, 2.75) is 6.92 Å². The van der Waals surface area contributed by atoms with E-state index >= 15 is 0 Å². The van der Waals surface area contributed by atoms with Gasteiger partial charge in [0, 0.05) is 11.3 Å². The number of carbonyl (C=O) groups excluding carboxylic acids is 1. The number of nitrogens with one attached hydrogen (secondary N) is 1. The molecule has 2 aromatic heterocycles. The molecule has 0 aliphatic rings. The van der Waals surface area contributed by atoms with Crippen LogP contribution in [0.3, 0.4) is 0 Å². The topological polar surface area (TPSA) is 85.6 Å². The molecule has 27 heavy (non-hydrogen) atoms. The molecule has 0 atom stereocenters. The zero-order chi connectivity index (χ0) is 18.8. The van der Waals surface area contributed by atoms with Gasteiger partial charge in [-0.2, -0.15) is 0 Å².